The molecule has 6 nitrogen and oxygen atoms in total. The highest BCUT2D eigenvalue weighted by atomic mass is 35.5. The highest BCUT2D eigenvalue weighted by Gasteiger charge is 2.10. The smallest absolute Gasteiger partial charge is 0.253 e. The van der Waals surface area contributed by atoms with Crippen LogP contribution in [0.15, 0.2) is 48.5 Å². The number of rotatable bonds is 6. The van der Waals surface area contributed by atoms with E-state index in [1.165, 1.54) is 4.90 Å². The van der Waals surface area contributed by atoms with Crippen molar-refractivity contribution >= 4 is 35.0 Å². The van der Waals surface area contributed by atoms with E-state index in [2.05, 4.69) is 10.6 Å². The van der Waals surface area contributed by atoms with E-state index in [0.717, 1.165) is 0 Å². The Bertz CT molecular complexity index is 804. The van der Waals surface area contributed by atoms with Crippen LogP contribution in [0.4, 0.5) is 5.69 Å². The fraction of sp³-hybridized carbons (Fsp3) is 0.211. The minimum absolute atomic E-state index is 0.116. The van der Waals surface area contributed by atoms with Gasteiger partial charge in [0.2, 0.25) is 5.91 Å². The summed E-state index contributed by atoms with van der Waals surface area (Å²) in [5.41, 5.74) is 1.50. The summed E-state index contributed by atoms with van der Waals surface area (Å²) in [6.45, 7) is 0.198. The van der Waals surface area contributed by atoms with Gasteiger partial charge in [0.1, 0.15) is 0 Å². The van der Waals surface area contributed by atoms with Gasteiger partial charge in [-0.2, -0.15) is 0 Å². The van der Waals surface area contributed by atoms with E-state index in [9.17, 15) is 14.4 Å². The number of nitrogens with one attached hydrogen (secondary N) is 2. The van der Waals surface area contributed by atoms with Crippen molar-refractivity contribution in [3.8, 4) is 0 Å². The summed E-state index contributed by atoms with van der Waals surface area (Å²) >= 11 is 5.78. The lowest BCUT2D eigenvalue weighted by Gasteiger charge is -2.12. The van der Waals surface area contributed by atoms with Crippen molar-refractivity contribution in [2.45, 2.75) is 6.42 Å². The highest BCUT2D eigenvalue weighted by Crippen LogP contribution is 2.12. The number of benzene rings is 2. The third kappa shape index (κ3) is 5.60. The Balaban J connectivity index is 1.83. The van der Waals surface area contributed by atoms with Crippen molar-refractivity contribution in [3.05, 3.63) is 64.7 Å². The van der Waals surface area contributed by atoms with Crippen molar-refractivity contribution in [1.82, 2.24) is 10.2 Å². The Morgan fingerprint density at radius 1 is 1.00 bits per heavy atom. The molecule has 3 amide bonds. The number of hydrogen-bond donors (Lipinski definition) is 2. The zero-order valence-electron chi connectivity index (χ0n) is 14.6. The molecule has 0 heterocycles. The Kier molecular flexibility index (Phi) is 6.74. The molecule has 136 valence electrons. The topological polar surface area (TPSA) is 78.5 Å². The Morgan fingerprint density at radius 2 is 1.69 bits per heavy atom. The number of anilines is 1. The van der Waals surface area contributed by atoms with Crippen LogP contribution in [-0.2, 0) is 4.79 Å². The zero-order chi connectivity index (χ0) is 19.1. The maximum atomic E-state index is 12.0. The second-order valence-corrected chi connectivity index (χ2v) is 6.28. The first-order chi connectivity index (χ1) is 12.4. The SMILES string of the molecule is CN(C)C(=O)c1cccc(NC(=O)CCNC(=O)c2ccc(Cl)cc2)c1. The summed E-state index contributed by atoms with van der Waals surface area (Å²) in [6, 6.07) is 13.2. The molecule has 0 atom stereocenters. The molecule has 0 unspecified atom stereocenters. The molecule has 0 aromatic heterocycles. The minimum atomic E-state index is -0.270. The number of carbonyl (C=O) groups excluding carboxylic acids is 3. The van der Waals surface area contributed by atoms with Crippen LogP contribution in [-0.4, -0.2) is 43.3 Å². The lowest BCUT2D eigenvalue weighted by molar-refractivity contribution is -0.116. The van der Waals surface area contributed by atoms with Gasteiger partial charge in [-0.3, -0.25) is 14.4 Å². The lowest BCUT2D eigenvalue weighted by atomic mass is 10.1. The summed E-state index contributed by atoms with van der Waals surface area (Å²) in [5.74, 6) is -0.666. The third-order valence-electron chi connectivity index (χ3n) is 3.54. The molecule has 0 saturated heterocycles. The summed E-state index contributed by atoms with van der Waals surface area (Å²) in [7, 11) is 3.33. The first-order valence-corrected chi connectivity index (χ1v) is 8.40. The second-order valence-electron chi connectivity index (χ2n) is 5.84. The number of nitrogens with zero attached hydrogens (tertiary/aromatic N) is 1. The quantitative estimate of drug-likeness (QED) is 0.817. The number of amides is 3. The lowest BCUT2D eigenvalue weighted by Crippen LogP contribution is -2.27. The van der Waals surface area contributed by atoms with E-state index < -0.39 is 0 Å². The van der Waals surface area contributed by atoms with Crippen LogP contribution >= 0.6 is 11.6 Å². The van der Waals surface area contributed by atoms with Crippen LogP contribution in [0.2, 0.25) is 5.02 Å². The first kappa shape index (κ1) is 19.5. The maximum Gasteiger partial charge on any atom is 0.253 e. The van der Waals surface area contributed by atoms with Gasteiger partial charge < -0.3 is 15.5 Å². The maximum absolute atomic E-state index is 12.0. The van der Waals surface area contributed by atoms with Gasteiger partial charge in [0.05, 0.1) is 0 Å². The molecule has 2 N–H and O–H groups in total. The fourth-order valence-corrected chi connectivity index (χ4v) is 2.33. The Hall–Kier alpha value is -2.86. The molecular formula is C19H20ClN3O3. The van der Waals surface area contributed by atoms with E-state index >= 15 is 0 Å². The van der Waals surface area contributed by atoms with Gasteiger partial charge in [-0.25, -0.2) is 0 Å². The molecule has 0 aliphatic rings. The first-order valence-electron chi connectivity index (χ1n) is 8.02. The molecular weight excluding hydrogens is 354 g/mol. The second kappa shape index (κ2) is 9.01. The molecule has 0 spiro atoms. The van der Waals surface area contributed by atoms with E-state index in [1.807, 2.05) is 0 Å². The van der Waals surface area contributed by atoms with Crippen LogP contribution in [0.1, 0.15) is 27.1 Å². The molecule has 0 aliphatic carbocycles. The summed E-state index contributed by atoms with van der Waals surface area (Å²) in [4.78, 5) is 37.4. The van der Waals surface area contributed by atoms with Crippen molar-refractivity contribution in [2.24, 2.45) is 0 Å². The molecule has 7 heteroatoms. The van der Waals surface area contributed by atoms with E-state index in [1.54, 1.807) is 62.6 Å². The summed E-state index contributed by atoms with van der Waals surface area (Å²) in [5, 5.41) is 5.95. The van der Waals surface area contributed by atoms with Gasteiger partial charge in [-0.15, -0.1) is 0 Å². The van der Waals surface area contributed by atoms with Crippen molar-refractivity contribution in [2.75, 3.05) is 26.0 Å². The van der Waals surface area contributed by atoms with E-state index in [0.29, 0.717) is 21.8 Å². The molecule has 0 fully saturated rings. The molecule has 26 heavy (non-hydrogen) atoms. The van der Waals surface area contributed by atoms with Crippen LogP contribution in [0, 0.1) is 0 Å². The van der Waals surface area contributed by atoms with Crippen molar-refractivity contribution < 1.29 is 14.4 Å². The molecule has 2 rings (SSSR count). The molecule has 0 aliphatic heterocycles. The van der Waals surface area contributed by atoms with Gasteiger partial charge in [-0.1, -0.05) is 17.7 Å². The van der Waals surface area contributed by atoms with Crippen LogP contribution in [0.5, 0.6) is 0 Å². The zero-order valence-corrected chi connectivity index (χ0v) is 15.3. The standard InChI is InChI=1S/C19H20ClN3O3/c1-23(2)19(26)14-4-3-5-16(12-14)22-17(24)10-11-21-18(25)13-6-8-15(20)9-7-13/h3-9,12H,10-11H2,1-2H3,(H,21,25)(H,22,24). The number of halogens is 1. The largest absolute Gasteiger partial charge is 0.352 e. The molecule has 0 bridgehead atoms. The van der Waals surface area contributed by atoms with Gasteiger partial charge in [0, 0.05) is 48.9 Å². The van der Waals surface area contributed by atoms with Gasteiger partial charge in [-0.05, 0) is 42.5 Å². The Morgan fingerprint density at radius 3 is 2.35 bits per heavy atom. The third-order valence-corrected chi connectivity index (χ3v) is 3.80. The monoisotopic (exact) mass is 373 g/mol. The van der Waals surface area contributed by atoms with Crippen LogP contribution < -0.4 is 10.6 Å². The summed E-state index contributed by atoms with van der Waals surface area (Å²) < 4.78 is 0. The highest BCUT2D eigenvalue weighted by molar-refractivity contribution is 6.30. The van der Waals surface area contributed by atoms with E-state index in [4.69, 9.17) is 11.6 Å². The van der Waals surface area contributed by atoms with E-state index in [-0.39, 0.29) is 30.7 Å². The van der Waals surface area contributed by atoms with Crippen LogP contribution in [0.25, 0.3) is 0 Å². The summed E-state index contributed by atoms with van der Waals surface area (Å²) in [6.07, 6.45) is 0.116. The predicted molar refractivity (Wildman–Crippen MR) is 101 cm³/mol. The Labute approximate surface area is 157 Å². The fourth-order valence-electron chi connectivity index (χ4n) is 2.20. The van der Waals surface area contributed by atoms with Gasteiger partial charge in [0.15, 0.2) is 0 Å². The predicted octanol–water partition coefficient (Wildman–Crippen LogP) is 2.80. The molecule has 0 radical (unpaired) electrons. The molecule has 2 aromatic rings. The minimum Gasteiger partial charge on any atom is -0.352 e. The molecule has 2 aromatic carbocycles. The van der Waals surface area contributed by atoms with Crippen LogP contribution in [0.3, 0.4) is 0 Å². The average molecular weight is 374 g/mol. The van der Waals surface area contributed by atoms with Gasteiger partial charge >= 0.3 is 0 Å². The normalized spacial score (nSPS) is 10.1. The number of carbonyl (C=O) groups is 3. The average Bonchev–Trinajstić information content (AvgIpc) is 2.61. The number of hydrogen-bond acceptors (Lipinski definition) is 3. The van der Waals surface area contributed by atoms with Gasteiger partial charge in [0.25, 0.3) is 11.8 Å². The van der Waals surface area contributed by atoms with Crippen molar-refractivity contribution in [3.63, 3.8) is 0 Å². The molecule has 0 saturated carbocycles. The van der Waals surface area contributed by atoms with Crippen molar-refractivity contribution in [1.29, 1.82) is 0 Å².